The maximum absolute atomic E-state index is 14.0. The van der Waals surface area contributed by atoms with Crippen molar-refractivity contribution >= 4 is 29.1 Å². The van der Waals surface area contributed by atoms with E-state index in [-0.39, 0.29) is 17.1 Å². The Labute approximate surface area is 250 Å². The number of aromatic nitrogens is 3. The van der Waals surface area contributed by atoms with Gasteiger partial charge in [0.15, 0.2) is 5.78 Å². The summed E-state index contributed by atoms with van der Waals surface area (Å²) < 4.78 is 1.88. The van der Waals surface area contributed by atoms with E-state index < -0.39 is 5.92 Å². The van der Waals surface area contributed by atoms with E-state index >= 15 is 0 Å². The molecule has 1 amide bonds. The zero-order valence-corrected chi connectivity index (χ0v) is 24.6. The number of pyridine rings is 1. The second-order valence-electron chi connectivity index (χ2n) is 11.7. The van der Waals surface area contributed by atoms with Crippen LogP contribution in [0.5, 0.6) is 0 Å². The Hall–Kier alpha value is -4.49. The number of hydrogen-bond acceptors (Lipinski definition) is 5. The Kier molecular flexibility index (Phi) is 7.29. The monoisotopic (exact) mass is 577 g/mol. The first-order chi connectivity index (χ1) is 20.2. The highest BCUT2D eigenvalue weighted by molar-refractivity contribution is 6.30. The Morgan fingerprint density at radius 3 is 2.50 bits per heavy atom. The summed E-state index contributed by atoms with van der Waals surface area (Å²) in [7, 11) is 0. The van der Waals surface area contributed by atoms with Crippen LogP contribution in [0.15, 0.2) is 108 Å². The number of ketones is 1. The minimum absolute atomic E-state index is 0.0406. The van der Waals surface area contributed by atoms with Crippen molar-refractivity contribution in [1.29, 1.82) is 0 Å². The van der Waals surface area contributed by atoms with Crippen molar-refractivity contribution in [2.24, 2.45) is 5.41 Å². The Bertz CT molecular complexity index is 1720. The highest BCUT2D eigenvalue weighted by Crippen LogP contribution is 2.48. The van der Waals surface area contributed by atoms with Gasteiger partial charge in [0.1, 0.15) is 5.82 Å². The van der Waals surface area contributed by atoms with E-state index in [1.54, 1.807) is 18.3 Å². The number of benzene rings is 2. The van der Waals surface area contributed by atoms with Crippen LogP contribution in [-0.4, -0.2) is 26.5 Å². The zero-order chi connectivity index (χ0) is 29.4. The molecule has 0 spiro atoms. The van der Waals surface area contributed by atoms with Gasteiger partial charge < -0.3 is 10.6 Å². The molecule has 42 heavy (non-hydrogen) atoms. The Morgan fingerprint density at radius 1 is 1.05 bits per heavy atom. The lowest BCUT2D eigenvalue weighted by atomic mass is 9.68. The minimum Gasteiger partial charge on any atom is -0.362 e. The lowest BCUT2D eigenvalue weighted by molar-refractivity contribution is -0.118. The van der Waals surface area contributed by atoms with Gasteiger partial charge in [-0.15, -0.1) is 0 Å². The molecule has 2 aromatic heterocycles. The molecule has 2 N–H and O–H groups in total. The third-order valence-corrected chi connectivity index (χ3v) is 8.05. The summed E-state index contributed by atoms with van der Waals surface area (Å²) in [6.07, 6.45) is 4.72. The van der Waals surface area contributed by atoms with Crippen molar-refractivity contribution in [3.8, 4) is 11.3 Å². The van der Waals surface area contributed by atoms with Crippen LogP contribution >= 0.6 is 11.6 Å². The van der Waals surface area contributed by atoms with Crippen molar-refractivity contribution in [3.63, 3.8) is 0 Å². The molecule has 0 saturated heterocycles. The molecule has 212 valence electrons. The van der Waals surface area contributed by atoms with E-state index in [1.165, 1.54) is 0 Å². The van der Waals surface area contributed by atoms with Gasteiger partial charge in [0.25, 0.3) is 5.91 Å². The van der Waals surface area contributed by atoms with Crippen molar-refractivity contribution in [2.45, 2.75) is 46.1 Å². The smallest absolute Gasteiger partial charge is 0.255 e. The van der Waals surface area contributed by atoms with E-state index in [1.807, 2.05) is 78.5 Å². The molecule has 0 radical (unpaired) electrons. The van der Waals surface area contributed by atoms with Gasteiger partial charge in [-0.3, -0.25) is 14.3 Å². The summed E-state index contributed by atoms with van der Waals surface area (Å²) in [5.41, 5.74) is 5.99. The maximum Gasteiger partial charge on any atom is 0.255 e. The third-order valence-electron chi connectivity index (χ3n) is 7.80. The van der Waals surface area contributed by atoms with Gasteiger partial charge in [-0.1, -0.05) is 74.0 Å². The topological polar surface area (TPSA) is 88.9 Å². The van der Waals surface area contributed by atoms with Gasteiger partial charge >= 0.3 is 0 Å². The summed E-state index contributed by atoms with van der Waals surface area (Å²) in [4.78, 5) is 32.3. The molecule has 1 aliphatic carbocycles. The lowest BCUT2D eigenvalue weighted by Gasteiger charge is -2.39. The number of carbonyl (C=O) groups excluding carboxylic acids is 2. The first-order valence-electron chi connectivity index (χ1n) is 14.0. The molecular formula is C34H32ClN5O2. The average molecular weight is 578 g/mol. The molecule has 0 saturated carbocycles. The zero-order valence-electron chi connectivity index (χ0n) is 23.8. The first-order valence-corrected chi connectivity index (χ1v) is 14.4. The predicted molar refractivity (Wildman–Crippen MR) is 165 cm³/mol. The van der Waals surface area contributed by atoms with Crippen molar-refractivity contribution in [2.75, 3.05) is 5.32 Å². The van der Waals surface area contributed by atoms with Crippen molar-refractivity contribution < 1.29 is 9.59 Å². The van der Waals surface area contributed by atoms with Gasteiger partial charge in [-0.25, -0.2) is 4.98 Å². The van der Waals surface area contributed by atoms with E-state index in [4.69, 9.17) is 16.7 Å². The Morgan fingerprint density at radius 2 is 1.79 bits per heavy atom. The molecule has 2 aromatic carbocycles. The summed E-state index contributed by atoms with van der Waals surface area (Å²) in [6, 6.07) is 22.9. The molecule has 1 atom stereocenters. The van der Waals surface area contributed by atoms with Gasteiger partial charge in [-0.2, -0.15) is 5.10 Å². The number of anilines is 1. The highest BCUT2D eigenvalue weighted by atomic mass is 35.5. The third kappa shape index (κ3) is 5.52. The van der Waals surface area contributed by atoms with Crippen molar-refractivity contribution in [3.05, 3.63) is 124 Å². The second kappa shape index (κ2) is 11.1. The van der Waals surface area contributed by atoms with Crippen LogP contribution in [0.1, 0.15) is 50.7 Å². The van der Waals surface area contributed by atoms with Gasteiger partial charge in [0.2, 0.25) is 0 Å². The van der Waals surface area contributed by atoms with Crippen LogP contribution < -0.4 is 10.6 Å². The number of nitrogens with zero attached hydrogens (tertiary/aromatic N) is 3. The fraction of sp³-hybridized carbons (Fsp3) is 0.235. The molecule has 2 aliphatic rings. The number of amides is 1. The van der Waals surface area contributed by atoms with Crippen LogP contribution in [0, 0.1) is 5.41 Å². The molecule has 0 unspecified atom stereocenters. The first kappa shape index (κ1) is 27.7. The quantitative estimate of drug-likeness (QED) is 0.260. The molecule has 6 rings (SSSR count). The van der Waals surface area contributed by atoms with Crippen LogP contribution in [0.4, 0.5) is 5.82 Å². The average Bonchev–Trinajstić information content (AvgIpc) is 3.37. The molecule has 7 nitrogen and oxygen atoms in total. The number of nitrogens with one attached hydrogen (secondary N) is 2. The SMILES string of the molecule is CC1=C(C(=O)Nc2ccccn2)[C@H](c2cn(Cc3ccc(Cl)cc3)nc2-c2ccccc2)C2=C(CC(C)(C)CC2=O)N1. The van der Waals surface area contributed by atoms with Gasteiger partial charge in [0, 0.05) is 57.5 Å². The minimum atomic E-state index is -0.609. The highest BCUT2D eigenvalue weighted by Gasteiger charge is 2.44. The summed E-state index contributed by atoms with van der Waals surface area (Å²) in [6.45, 7) is 6.62. The molecule has 0 fully saturated rings. The van der Waals surface area contributed by atoms with Gasteiger partial charge in [0.05, 0.1) is 18.2 Å². The van der Waals surface area contributed by atoms with E-state index in [2.05, 4.69) is 29.5 Å². The van der Waals surface area contributed by atoms with Crippen LogP contribution in [0.3, 0.4) is 0 Å². The van der Waals surface area contributed by atoms with Crippen LogP contribution in [-0.2, 0) is 16.1 Å². The predicted octanol–water partition coefficient (Wildman–Crippen LogP) is 6.89. The molecular weight excluding hydrogens is 546 g/mol. The maximum atomic E-state index is 14.0. The van der Waals surface area contributed by atoms with E-state index in [0.29, 0.717) is 47.1 Å². The normalized spacial score (nSPS) is 18.0. The number of rotatable bonds is 6. The number of dihydropyridines is 1. The van der Waals surface area contributed by atoms with Crippen LogP contribution in [0.25, 0.3) is 11.3 Å². The van der Waals surface area contributed by atoms with Crippen molar-refractivity contribution in [1.82, 2.24) is 20.1 Å². The van der Waals surface area contributed by atoms with E-state index in [9.17, 15) is 9.59 Å². The Balaban J connectivity index is 1.52. The number of allylic oxidation sites excluding steroid dienone is 3. The van der Waals surface area contributed by atoms with Gasteiger partial charge in [-0.05, 0) is 48.6 Å². The molecule has 8 heteroatoms. The number of carbonyl (C=O) groups is 2. The number of Topliss-reactive ketones (excluding diaryl/α,β-unsaturated/α-hetero) is 1. The fourth-order valence-corrected chi connectivity index (χ4v) is 6.12. The summed E-state index contributed by atoms with van der Waals surface area (Å²) in [5, 5.41) is 12.1. The largest absolute Gasteiger partial charge is 0.362 e. The molecule has 3 heterocycles. The van der Waals surface area contributed by atoms with Crippen LogP contribution in [0.2, 0.25) is 5.02 Å². The number of halogens is 1. The second-order valence-corrected chi connectivity index (χ2v) is 12.2. The lowest BCUT2D eigenvalue weighted by Crippen LogP contribution is -2.39. The van der Waals surface area contributed by atoms with E-state index in [0.717, 1.165) is 28.1 Å². The molecule has 0 bridgehead atoms. The molecule has 1 aliphatic heterocycles. The summed E-state index contributed by atoms with van der Waals surface area (Å²) >= 11 is 6.13. The standard InChI is InChI=1S/C34H32ClN5O2/c1-21-29(33(42)38-28-11-7-8-16-36-28)30(31-26(37-21)17-34(2,3)18-27(31)41)25-20-40(19-22-12-14-24(35)15-13-22)39-32(25)23-9-5-4-6-10-23/h4-16,20,30,37H,17-19H2,1-3H3,(H,36,38,42)/t30-/m0/s1. The summed E-state index contributed by atoms with van der Waals surface area (Å²) in [5.74, 6) is -0.432. The fourth-order valence-electron chi connectivity index (χ4n) is 5.99. The number of hydrogen-bond donors (Lipinski definition) is 2. The molecule has 4 aromatic rings.